The van der Waals surface area contributed by atoms with Crippen LogP contribution in [0, 0.1) is 0 Å². The zero-order chi connectivity index (χ0) is 16.1. The van der Waals surface area contributed by atoms with Crippen molar-refractivity contribution in [3.63, 3.8) is 0 Å². The van der Waals surface area contributed by atoms with Gasteiger partial charge in [-0.2, -0.15) is 0 Å². The van der Waals surface area contributed by atoms with Crippen LogP contribution in [0.4, 0.5) is 0 Å². The molecule has 2 aliphatic rings. The van der Waals surface area contributed by atoms with E-state index in [0.717, 1.165) is 0 Å². The van der Waals surface area contributed by atoms with Gasteiger partial charge >= 0.3 is 23.9 Å². The topological polar surface area (TPSA) is 109 Å². The normalized spacial score (nSPS) is 15.1. The Morgan fingerprint density at radius 1 is 0.739 bits per heavy atom. The molecular formula is C15H5NO7. The molecule has 1 aromatic heterocycles. The summed E-state index contributed by atoms with van der Waals surface area (Å²) < 4.78 is 14.4. The first-order chi connectivity index (χ1) is 11.0. The van der Waals surface area contributed by atoms with E-state index in [4.69, 9.17) is 4.74 Å². The quantitative estimate of drug-likeness (QED) is 0.606. The molecule has 0 atom stereocenters. The standard InChI is InChI=1S/C15H5NO7/c17-12-7-2-1-6(5-9(7)14(19)22-12)21-10-4-3-8-11(16-10)15(20)23-13(8)18/h1-5H. The maximum atomic E-state index is 11.5. The molecule has 0 saturated heterocycles. The molecule has 3 heterocycles. The number of aromatic nitrogens is 1. The van der Waals surface area contributed by atoms with Gasteiger partial charge < -0.3 is 14.2 Å². The van der Waals surface area contributed by atoms with Gasteiger partial charge in [0.25, 0.3) is 0 Å². The van der Waals surface area contributed by atoms with Crippen molar-refractivity contribution in [2.45, 2.75) is 0 Å². The van der Waals surface area contributed by atoms with Crippen molar-refractivity contribution >= 4 is 23.9 Å². The predicted molar refractivity (Wildman–Crippen MR) is 70.2 cm³/mol. The summed E-state index contributed by atoms with van der Waals surface area (Å²) in [5, 5.41) is 0. The number of carbonyl (C=O) groups is 4. The first-order valence-electron chi connectivity index (χ1n) is 6.39. The Morgan fingerprint density at radius 3 is 2.22 bits per heavy atom. The fourth-order valence-corrected chi connectivity index (χ4v) is 2.25. The number of ether oxygens (including phenoxy) is 3. The zero-order valence-electron chi connectivity index (χ0n) is 11.2. The number of carbonyl (C=O) groups excluding carboxylic acids is 4. The van der Waals surface area contributed by atoms with Crippen LogP contribution in [0.5, 0.6) is 11.6 Å². The number of nitrogens with zero attached hydrogens (tertiary/aromatic N) is 1. The van der Waals surface area contributed by atoms with Gasteiger partial charge in [0.05, 0.1) is 16.7 Å². The first-order valence-corrected chi connectivity index (χ1v) is 6.39. The average molecular weight is 311 g/mol. The molecule has 0 spiro atoms. The van der Waals surface area contributed by atoms with Gasteiger partial charge in [0.15, 0.2) is 5.69 Å². The summed E-state index contributed by atoms with van der Waals surface area (Å²) in [5.74, 6) is -2.82. The summed E-state index contributed by atoms with van der Waals surface area (Å²) in [5.41, 5.74) is 0.162. The lowest BCUT2D eigenvalue weighted by Crippen LogP contribution is -2.00. The number of rotatable bonds is 2. The summed E-state index contributed by atoms with van der Waals surface area (Å²) >= 11 is 0. The highest BCUT2D eigenvalue weighted by atomic mass is 16.6. The van der Waals surface area contributed by atoms with Crippen LogP contribution < -0.4 is 4.74 Å². The van der Waals surface area contributed by atoms with Gasteiger partial charge in [-0.25, -0.2) is 24.2 Å². The van der Waals surface area contributed by atoms with E-state index >= 15 is 0 Å². The van der Waals surface area contributed by atoms with Crippen LogP contribution >= 0.6 is 0 Å². The van der Waals surface area contributed by atoms with Crippen LogP contribution in [0.25, 0.3) is 0 Å². The Balaban J connectivity index is 1.68. The number of hydrogen-bond acceptors (Lipinski definition) is 8. The van der Waals surface area contributed by atoms with Gasteiger partial charge in [-0.05, 0) is 24.3 Å². The fraction of sp³-hybridized carbons (Fsp3) is 0. The van der Waals surface area contributed by atoms with Crippen LogP contribution in [0.1, 0.15) is 41.6 Å². The van der Waals surface area contributed by atoms with Crippen LogP contribution in [0.2, 0.25) is 0 Å². The molecule has 0 fully saturated rings. The lowest BCUT2D eigenvalue weighted by atomic mass is 10.1. The highest BCUT2D eigenvalue weighted by molar-refractivity contribution is 6.15. The van der Waals surface area contributed by atoms with Gasteiger partial charge in [-0.1, -0.05) is 0 Å². The summed E-state index contributed by atoms with van der Waals surface area (Å²) in [6.07, 6.45) is 0. The maximum absolute atomic E-state index is 11.5. The Labute approximate surface area is 127 Å². The number of cyclic esters (lactones) is 4. The van der Waals surface area contributed by atoms with Crippen LogP contribution in [-0.2, 0) is 9.47 Å². The Bertz CT molecular complexity index is 856. The van der Waals surface area contributed by atoms with E-state index in [2.05, 4.69) is 14.5 Å². The Kier molecular flexibility index (Phi) is 2.55. The molecule has 8 nitrogen and oxygen atoms in total. The van der Waals surface area contributed by atoms with E-state index in [-0.39, 0.29) is 34.0 Å². The van der Waals surface area contributed by atoms with Crippen LogP contribution in [-0.4, -0.2) is 28.9 Å². The molecule has 2 aromatic rings. The minimum Gasteiger partial charge on any atom is -0.439 e. The van der Waals surface area contributed by atoms with Gasteiger partial charge in [-0.3, -0.25) is 0 Å². The maximum Gasteiger partial charge on any atom is 0.365 e. The highest BCUT2D eigenvalue weighted by Gasteiger charge is 2.32. The Hall–Kier alpha value is -3.55. The third-order valence-electron chi connectivity index (χ3n) is 3.31. The number of esters is 4. The summed E-state index contributed by atoms with van der Waals surface area (Å²) in [4.78, 5) is 49.6. The van der Waals surface area contributed by atoms with Crippen LogP contribution in [0.15, 0.2) is 30.3 Å². The van der Waals surface area contributed by atoms with Crippen molar-refractivity contribution in [2.24, 2.45) is 0 Å². The monoisotopic (exact) mass is 311 g/mol. The molecule has 0 unspecified atom stereocenters. The Morgan fingerprint density at radius 2 is 1.39 bits per heavy atom. The van der Waals surface area contributed by atoms with Gasteiger partial charge in [0.2, 0.25) is 5.88 Å². The molecule has 23 heavy (non-hydrogen) atoms. The highest BCUT2D eigenvalue weighted by Crippen LogP contribution is 2.28. The van der Waals surface area contributed by atoms with E-state index in [9.17, 15) is 19.2 Å². The largest absolute Gasteiger partial charge is 0.439 e. The second kappa shape index (κ2) is 4.47. The summed E-state index contributed by atoms with van der Waals surface area (Å²) in [6, 6.07) is 6.92. The van der Waals surface area contributed by atoms with Crippen LogP contribution in [0.3, 0.4) is 0 Å². The first kappa shape index (κ1) is 13.1. The van der Waals surface area contributed by atoms with Gasteiger partial charge in [-0.15, -0.1) is 0 Å². The average Bonchev–Trinajstić information content (AvgIpc) is 2.96. The minimum absolute atomic E-state index is 0.0352. The molecule has 0 saturated carbocycles. The van der Waals surface area contributed by atoms with E-state index in [1.807, 2.05) is 0 Å². The van der Waals surface area contributed by atoms with Crippen molar-refractivity contribution in [1.29, 1.82) is 0 Å². The smallest absolute Gasteiger partial charge is 0.365 e. The van der Waals surface area contributed by atoms with Crippen molar-refractivity contribution < 1.29 is 33.4 Å². The lowest BCUT2D eigenvalue weighted by molar-refractivity contribution is 0.0424. The third-order valence-corrected chi connectivity index (χ3v) is 3.31. The molecule has 0 amide bonds. The molecule has 4 rings (SSSR count). The van der Waals surface area contributed by atoms with E-state index in [0.29, 0.717) is 0 Å². The third kappa shape index (κ3) is 1.96. The molecule has 112 valence electrons. The number of pyridine rings is 1. The van der Waals surface area contributed by atoms with Crippen molar-refractivity contribution in [2.75, 3.05) is 0 Å². The van der Waals surface area contributed by atoms with E-state index in [1.165, 1.54) is 30.3 Å². The van der Waals surface area contributed by atoms with E-state index in [1.54, 1.807) is 0 Å². The van der Waals surface area contributed by atoms with Crippen molar-refractivity contribution in [1.82, 2.24) is 4.98 Å². The SMILES string of the molecule is O=C1OC(=O)c2cc(Oc3ccc4c(n3)C(=O)OC4=O)ccc21. The predicted octanol–water partition coefficient (Wildman–Crippen LogP) is 1.50. The molecule has 0 aliphatic carbocycles. The molecule has 1 aromatic carbocycles. The molecular weight excluding hydrogens is 306 g/mol. The molecule has 2 aliphatic heterocycles. The van der Waals surface area contributed by atoms with Crippen molar-refractivity contribution in [3.05, 3.63) is 52.7 Å². The van der Waals surface area contributed by atoms with Crippen molar-refractivity contribution in [3.8, 4) is 11.6 Å². The van der Waals surface area contributed by atoms with E-state index < -0.39 is 23.9 Å². The molecule has 0 bridgehead atoms. The summed E-state index contributed by atoms with van der Waals surface area (Å²) in [7, 11) is 0. The fourth-order valence-electron chi connectivity index (χ4n) is 2.25. The molecule has 0 N–H and O–H groups in total. The second-order valence-corrected chi connectivity index (χ2v) is 4.71. The number of fused-ring (bicyclic) bond motifs is 2. The zero-order valence-corrected chi connectivity index (χ0v) is 11.2. The summed E-state index contributed by atoms with van der Waals surface area (Å²) in [6.45, 7) is 0. The molecule has 0 radical (unpaired) electrons. The van der Waals surface area contributed by atoms with Gasteiger partial charge in [0.1, 0.15) is 5.75 Å². The number of hydrogen-bond donors (Lipinski definition) is 0. The molecule has 8 heteroatoms. The number of benzene rings is 1. The van der Waals surface area contributed by atoms with Gasteiger partial charge in [0, 0.05) is 6.07 Å². The minimum atomic E-state index is -0.849. The second-order valence-electron chi connectivity index (χ2n) is 4.71. The lowest BCUT2D eigenvalue weighted by Gasteiger charge is -2.05.